The quantitative estimate of drug-likeness (QED) is 0.764. The summed E-state index contributed by atoms with van der Waals surface area (Å²) in [5.41, 5.74) is 2.50. The Morgan fingerprint density at radius 2 is 1.35 bits per heavy atom. The molecule has 0 heterocycles. The van der Waals surface area contributed by atoms with Crippen molar-refractivity contribution < 1.29 is 18.7 Å². The van der Waals surface area contributed by atoms with Crippen LogP contribution in [0.25, 0.3) is 0 Å². The first-order valence-electron chi connectivity index (χ1n) is 7.91. The van der Waals surface area contributed by atoms with Gasteiger partial charge < -0.3 is 14.2 Å². The van der Waals surface area contributed by atoms with Crippen molar-refractivity contribution in [3.8, 4) is 5.75 Å². The number of aryl methyl sites for hydroxylation is 1. The van der Waals surface area contributed by atoms with E-state index in [0.717, 1.165) is 16.7 Å². The molecule has 0 aliphatic rings. The Morgan fingerprint density at radius 1 is 0.957 bits per heavy atom. The van der Waals surface area contributed by atoms with Gasteiger partial charge in [-0.25, -0.2) is 0 Å². The van der Waals surface area contributed by atoms with E-state index in [1.165, 1.54) is 14.2 Å². The molecule has 1 rings (SSSR count). The van der Waals surface area contributed by atoms with Crippen LogP contribution in [0.5, 0.6) is 5.75 Å². The second-order valence-electron chi connectivity index (χ2n) is 7.99. The summed E-state index contributed by atoms with van der Waals surface area (Å²) >= 11 is 0. The molecule has 132 valence electrons. The molecule has 23 heavy (non-hydrogen) atoms. The third-order valence-electron chi connectivity index (χ3n) is 4.02. The van der Waals surface area contributed by atoms with Gasteiger partial charge in [0.1, 0.15) is 5.75 Å². The van der Waals surface area contributed by atoms with Crippen molar-refractivity contribution in [2.45, 2.75) is 58.8 Å². The average Bonchev–Trinajstić information content (AvgIpc) is 2.43. The number of phenols is 1. The Kier molecular flexibility index (Phi) is 6.12. The van der Waals surface area contributed by atoms with E-state index in [1.807, 2.05) is 12.1 Å². The highest BCUT2D eigenvalue weighted by atomic mass is 31.2. The molecule has 0 bridgehead atoms. The van der Waals surface area contributed by atoms with Gasteiger partial charge in [0.15, 0.2) is 0 Å². The monoisotopic (exact) mass is 342 g/mol. The van der Waals surface area contributed by atoms with E-state index in [4.69, 9.17) is 9.05 Å². The van der Waals surface area contributed by atoms with Gasteiger partial charge in [-0.05, 0) is 33.9 Å². The number of rotatable bonds is 5. The number of aromatic hydroxyl groups is 1. The van der Waals surface area contributed by atoms with Crippen LogP contribution in [-0.4, -0.2) is 25.5 Å². The highest BCUT2D eigenvalue weighted by Gasteiger charge is 2.27. The molecule has 0 atom stereocenters. The van der Waals surface area contributed by atoms with Crippen LogP contribution in [0.2, 0.25) is 0 Å². The molecule has 0 aromatic heterocycles. The normalized spacial score (nSPS) is 13.4. The molecule has 0 amide bonds. The zero-order chi connectivity index (χ0) is 18.1. The minimum atomic E-state index is -3.03. The molecule has 0 spiro atoms. The van der Waals surface area contributed by atoms with Crippen molar-refractivity contribution in [2.24, 2.45) is 0 Å². The summed E-state index contributed by atoms with van der Waals surface area (Å²) in [6.45, 7) is 12.5. The van der Waals surface area contributed by atoms with Crippen LogP contribution in [0.4, 0.5) is 0 Å². The summed E-state index contributed by atoms with van der Waals surface area (Å²) in [7, 11) is -0.223. The number of hydrogen-bond acceptors (Lipinski definition) is 4. The third kappa shape index (κ3) is 5.07. The van der Waals surface area contributed by atoms with E-state index in [2.05, 4.69) is 41.5 Å². The fraction of sp³-hybridized carbons (Fsp3) is 0.667. The molecule has 5 heteroatoms. The Morgan fingerprint density at radius 3 is 1.65 bits per heavy atom. The fourth-order valence-electron chi connectivity index (χ4n) is 2.51. The Balaban J connectivity index is 3.32. The summed E-state index contributed by atoms with van der Waals surface area (Å²) in [4.78, 5) is 0. The van der Waals surface area contributed by atoms with Gasteiger partial charge in [0.2, 0.25) is 0 Å². The smallest absolute Gasteiger partial charge is 0.330 e. The molecule has 1 N–H and O–H groups in total. The number of benzene rings is 1. The molecular formula is C18H31O4P. The Labute approximate surface area is 140 Å². The minimum Gasteiger partial charge on any atom is -0.507 e. The summed E-state index contributed by atoms with van der Waals surface area (Å²) in [6.07, 6.45) is 0.892. The molecule has 0 fully saturated rings. The molecule has 1 aromatic carbocycles. The molecule has 0 aliphatic carbocycles. The van der Waals surface area contributed by atoms with Crippen molar-refractivity contribution in [2.75, 3.05) is 20.4 Å². The third-order valence-corrected chi connectivity index (χ3v) is 5.90. The van der Waals surface area contributed by atoms with Crippen LogP contribution < -0.4 is 0 Å². The minimum absolute atomic E-state index is 0.174. The van der Waals surface area contributed by atoms with E-state index in [-0.39, 0.29) is 10.8 Å². The number of phenolic OH excluding ortho intramolecular Hbond substituents is 1. The SMILES string of the molecule is COP(=O)(CCc1cc(C(C)(C)C)c(O)c(C(C)(C)C)c1)OC. The zero-order valence-corrected chi connectivity index (χ0v) is 16.6. The molecular weight excluding hydrogens is 311 g/mol. The lowest BCUT2D eigenvalue weighted by molar-refractivity contribution is 0.276. The predicted octanol–water partition coefficient (Wildman–Crippen LogP) is 5.02. The first-order valence-corrected chi connectivity index (χ1v) is 9.64. The first kappa shape index (κ1) is 20.2. The second-order valence-corrected chi connectivity index (χ2v) is 10.4. The van der Waals surface area contributed by atoms with Crippen LogP contribution in [0, 0.1) is 0 Å². The lowest BCUT2D eigenvalue weighted by atomic mass is 9.78. The van der Waals surface area contributed by atoms with Gasteiger partial charge in [-0.2, -0.15) is 0 Å². The van der Waals surface area contributed by atoms with Gasteiger partial charge in [0, 0.05) is 14.2 Å². The highest BCUT2D eigenvalue weighted by Crippen LogP contribution is 2.47. The Hall–Kier alpha value is -0.830. The van der Waals surface area contributed by atoms with E-state index in [0.29, 0.717) is 18.3 Å². The molecule has 0 unspecified atom stereocenters. The summed E-state index contributed by atoms with van der Waals surface area (Å²) in [5, 5.41) is 10.7. The van der Waals surface area contributed by atoms with Crippen molar-refractivity contribution in [3.05, 3.63) is 28.8 Å². The molecule has 0 saturated heterocycles. The average molecular weight is 342 g/mol. The van der Waals surface area contributed by atoms with Gasteiger partial charge in [0.25, 0.3) is 0 Å². The van der Waals surface area contributed by atoms with Crippen LogP contribution in [-0.2, 0) is 30.9 Å². The topological polar surface area (TPSA) is 55.8 Å². The summed E-state index contributed by atoms with van der Waals surface area (Å²) < 4.78 is 22.3. The zero-order valence-electron chi connectivity index (χ0n) is 15.7. The van der Waals surface area contributed by atoms with Gasteiger partial charge in [-0.3, -0.25) is 4.57 Å². The van der Waals surface area contributed by atoms with E-state index >= 15 is 0 Å². The largest absolute Gasteiger partial charge is 0.507 e. The maximum atomic E-state index is 12.3. The first-order chi connectivity index (χ1) is 10.3. The van der Waals surface area contributed by atoms with Crippen LogP contribution >= 0.6 is 7.60 Å². The lowest BCUT2D eigenvalue weighted by Gasteiger charge is -2.28. The van der Waals surface area contributed by atoms with E-state index < -0.39 is 7.60 Å². The van der Waals surface area contributed by atoms with Crippen LogP contribution in [0.3, 0.4) is 0 Å². The van der Waals surface area contributed by atoms with Gasteiger partial charge in [0.05, 0.1) is 6.16 Å². The predicted molar refractivity (Wildman–Crippen MR) is 95.7 cm³/mol. The van der Waals surface area contributed by atoms with Gasteiger partial charge in [-0.1, -0.05) is 53.7 Å². The summed E-state index contributed by atoms with van der Waals surface area (Å²) in [5.74, 6) is 0.357. The van der Waals surface area contributed by atoms with E-state index in [9.17, 15) is 9.67 Å². The Bertz CT molecular complexity index is 551. The van der Waals surface area contributed by atoms with Crippen molar-refractivity contribution in [1.82, 2.24) is 0 Å². The molecule has 0 aliphatic heterocycles. The standard InChI is InChI=1S/C18H31O4P/c1-17(2,3)14-11-13(9-10-23(20,21-7)22-8)12-15(16(14)19)18(4,5)6/h11-12,19H,9-10H2,1-8H3. The number of hydrogen-bond donors (Lipinski definition) is 1. The van der Waals surface area contributed by atoms with Gasteiger partial charge in [-0.15, -0.1) is 0 Å². The van der Waals surface area contributed by atoms with E-state index in [1.54, 1.807) is 0 Å². The maximum Gasteiger partial charge on any atom is 0.330 e. The van der Waals surface area contributed by atoms with Crippen molar-refractivity contribution in [1.29, 1.82) is 0 Å². The molecule has 1 aromatic rings. The van der Waals surface area contributed by atoms with Crippen molar-refractivity contribution in [3.63, 3.8) is 0 Å². The summed E-state index contributed by atoms with van der Waals surface area (Å²) in [6, 6.07) is 4.00. The fourth-order valence-corrected chi connectivity index (χ4v) is 3.55. The molecule has 4 nitrogen and oxygen atoms in total. The van der Waals surface area contributed by atoms with Gasteiger partial charge >= 0.3 is 7.60 Å². The lowest BCUT2D eigenvalue weighted by Crippen LogP contribution is -2.18. The maximum absolute atomic E-state index is 12.3. The van der Waals surface area contributed by atoms with Crippen LogP contribution in [0.15, 0.2) is 12.1 Å². The molecule has 0 saturated carbocycles. The van der Waals surface area contributed by atoms with Crippen LogP contribution in [0.1, 0.15) is 58.2 Å². The second kappa shape index (κ2) is 6.96. The highest BCUT2D eigenvalue weighted by molar-refractivity contribution is 7.53. The molecule has 0 radical (unpaired) electrons. The van der Waals surface area contributed by atoms with Crippen molar-refractivity contribution >= 4 is 7.60 Å².